The van der Waals surface area contributed by atoms with Crippen LogP contribution in [-0.4, -0.2) is 22.9 Å². The molecule has 4 nitrogen and oxygen atoms in total. The number of nitrogens with zero attached hydrogens (tertiary/aromatic N) is 3. The summed E-state index contributed by atoms with van der Waals surface area (Å²) in [7, 11) is 1.91. The monoisotopic (exact) mass is 224 g/mol. The Morgan fingerprint density at radius 1 is 1.25 bits per heavy atom. The van der Waals surface area contributed by atoms with Crippen LogP contribution in [0.1, 0.15) is 27.7 Å². The molecular formula is C12H24N4. The van der Waals surface area contributed by atoms with E-state index in [9.17, 15) is 0 Å². The number of nitrogens with two attached hydrogens (primary N) is 1. The van der Waals surface area contributed by atoms with Gasteiger partial charge in [0.1, 0.15) is 0 Å². The van der Waals surface area contributed by atoms with Crippen LogP contribution in [0.4, 0.5) is 11.5 Å². The molecule has 4 heteroatoms. The second-order valence-electron chi connectivity index (χ2n) is 5.27. The summed E-state index contributed by atoms with van der Waals surface area (Å²) in [5, 5.41) is 4.43. The predicted molar refractivity (Wildman–Crippen MR) is 69.5 cm³/mol. The number of hydrogen-bond acceptors (Lipinski definition) is 3. The molecule has 0 saturated heterocycles. The third-order valence-corrected chi connectivity index (χ3v) is 2.31. The maximum absolute atomic E-state index is 5.97. The van der Waals surface area contributed by atoms with Crippen molar-refractivity contribution in [2.24, 2.45) is 18.9 Å². The summed E-state index contributed by atoms with van der Waals surface area (Å²) in [6.07, 6.45) is 1.86. The van der Waals surface area contributed by atoms with Crippen molar-refractivity contribution >= 4 is 11.5 Å². The summed E-state index contributed by atoms with van der Waals surface area (Å²) in [6.45, 7) is 10.9. The van der Waals surface area contributed by atoms with Gasteiger partial charge in [0.25, 0.3) is 0 Å². The molecule has 0 amide bonds. The zero-order valence-electron chi connectivity index (χ0n) is 11.1. The van der Waals surface area contributed by atoms with Gasteiger partial charge in [-0.05, 0) is 11.8 Å². The predicted octanol–water partition coefficient (Wildman–Crippen LogP) is 2.12. The van der Waals surface area contributed by atoms with E-state index in [1.165, 1.54) is 0 Å². The number of aromatic nitrogens is 2. The second-order valence-corrected chi connectivity index (χ2v) is 5.27. The summed E-state index contributed by atoms with van der Waals surface area (Å²) in [5.74, 6) is 2.14. The Hall–Kier alpha value is -1.19. The Labute approximate surface area is 98.4 Å². The smallest absolute Gasteiger partial charge is 0.173 e. The molecular weight excluding hydrogens is 200 g/mol. The van der Waals surface area contributed by atoms with Gasteiger partial charge in [-0.15, -0.1) is 0 Å². The second kappa shape index (κ2) is 5.23. The molecule has 0 unspecified atom stereocenters. The van der Waals surface area contributed by atoms with Gasteiger partial charge >= 0.3 is 0 Å². The minimum Gasteiger partial charge on any atom is -0.394 e. The van der Waals surface area contributed by atoms with Gasteiger partial charge in [0.05, 0.1) is 5.69 Å². The first kappa shape index (κ1) is 12.9. The summed E-state index contributed by atoms with van der Waals surface area (Å²) >= 11 is 0. The van der Waals surface area contributed by atoms with Crippen molar-refractivity contribution < 1.29 is 0 Å². The molecule has 0 aliphatic carbocycles. The van der Waals surface area contributed by atoms with Gasteiger partial charge in [0, 0.05) is 26.3 Å². The Kier molecular flexibility index (Phi) is 4.21. The number of anilines is 2. The molecule has 1 rings (SSSR count). The van der Waals surface area contributed by atoms with Crippen LogP contribution < -0.4 is 10.6 Å². The van der Waals surface area contributed by atoms with Crippen molar-refractivity contribution in [3.8, 4) is 0 Å². The minimum atomic E-state index is 0.611. The van der Waals surface area contributed by atoms with Crippen LogP contribution in [0.2, 0.25) is 0 Å². The van der Waals surface area contributed by atoms with E-state index in [0.29, 0.717) is 11.8 Å². The van der Waals surface area contributed by atoms with Gasteiger partial charge in [-0.2, -0.15) is 5.10 Å². The molecule has 0 saturated carbocycles. The van der Waals surface area contributed by atoms with E-state index in [0.717, 1.165) is 24.6 Å². The van der Waals surface area contributed by atoms with E-state index < -0.39 is 0 Å². The van der Waals surface area contributed by atoms with Crippen molar-refractivity contribution in [3.05, 3.63) is 6.20 Å². The van der Waals surface area contributed by atoms with Crippen LogP contribution in [-0.2, 0) is 7.05 Å². The van der Waals surface area contributed by atoms with Crippen molar-refractivity contribution in [2.75, 3.05) is 23.7 Å². The maximum Gasteiger partial charge on any atom is 0.173 e. The van der Waals surface area contributed by atoms with Crippen molar-refractivity contribution in [1.29, 1.82) is 0 Å². The molecule has 1 heterocycles. The summed E-state index contributed by atoms with van der Waals surface area (Å²) in [5.41, 5.74) is 6.74. The fraction of sp³-hybridized carbons (Fsp3) is 0.750. The highest BCUT2D eigenvalue weighted by Gasteiger charge is 2.16. The molecule has 0 aliphatic heterocycles. The molecule has 0 bridgehead atoms. The summed E-state index contributed by atoms with van der Waals surface area (Å²) in [6, 6.07) is 0. The third kappa shape index (κ3) is 3.43. The van der Waals surface area contributed by atoms with Crippen LogP contribution in [0, 0.1) is 11.8 Å². The van der Waals surface area contributed by atoms with Crippen LogP contribution >= 0.6 is 0 Å². The molecule has 1 aromatic rings. The first-order chi connectivity index (χ1) is 7.40. The van der Waals surface area contributed by atoms with Crippen LogP contribution in [0.15, 0.2) is 6.20 Å². The summed E-state index contributed by atoms with van der Waals surface area (Å²) in [4.78, 5) is 2.28. The highest BCUT2D eigenvalue weighted by Crippen LogP contribution is 2.22. The lowest BCUT2D eigenvalue weighted by Crippen LogP contribution is -2.32. The highest BCUT2D eigenvalue weighted by atomic mass is 15.3. The van der Waals surface area contributed by atoms with Crippen LogP contribution in [0.25, 0.3) is 0 Å². The van der Waals surface area contributed by atoms with Gasteiger partial charge in [-0.25, -0.2) is 0 Å². The van der Waals surface area contributed by atoms with Gasteiger partial charge in [-0.3, -0.25) is 4.68 Å². The lowest BCUT2D eigenvalue weighted by Gasteiger charge is -2.26. The van der Waals surface area contributed by atoms with E-state index in [1.54, 1.807) is 4.68 Å². The van der Waals surface area contributed by atoms with Crippen molar-refractivity contribution in [2.45, 2.75) is 27.7 Å². The third-order valence-electron chi connectivity index (χ3n) is 2.31. The molecule has 16 heavy (non-hydrogen) atoms. The molecule has 0 atom stereocenters. The first-order valence-electron chi connectivity index (χ1n) is 5.94. The quantitative estimate of drug-likeness (QED) is 0.833. The van der Waals surface area contributed by atoms with Gasteiger partial charge < -0.3 is 10.6 Å². The first-order valence-corrected chi connectivity index (χ1v) is 5.94. The largest absolute Gasteiger partial charge is 0.394 e. The number of hydrogen-bond donors (Lipinski definition) is 1. The van der Waals surface area contributed by atoms with E-state index in [1.807, 2.05) is 13.2 Å². The average Bonchev–Trinajstić information content (AvgIpc) is 2.42. The van der Waals surface area contributed by atoms with Gasteiger partial charge in [0.2, 0.25) is 0 Å². The standard InChI is InChI=1S/C12H24N4/c1-9(2)6-16(7-10(3)4)12-11(13)8-15(5)14-12/h8-10H,6-7,13H2,1-5H3. The Morgan fingerprint density at radius 2 is 1.75 bits per heavy atom. The van der Waals surface area contributed by atoms with Gasteiger partial charge in [0.15, 0.2) is 5.82 Å². The lowest BCUT2D eigenvalue weighted by atomic mass is 10.1. The number of rotatable bonds is 5. The number of nitrogen functional groups attached to an aromatic ring is 1. The van der Waals surface area contributed by atoms with Gasteiger partial charge in [-0.1, -0.05) is 27.7 Å². The Morgan fingerprint density at radius 3 is 2.06 bits per heavy atom. The van der Waals surface area contributed by atoms with Crippen molar-refractivity contribution in [1.82, 2.24) is 9.78 Å². The lowest BCUT2D eigenvalue weighted by molar-refractivity contribution is 0.546. The van der Waals surface area contributed by atoms with E-state index in [-0.39, 0.29) is 0 Å². The fourth-order valence-electron chi connectivity index (χ4n) is 1.87. The topological polar surface area (TPSA) is 47.1 Å². The zero-order chi connectivity index (χ0) is 12.3. The minimum absolute atomic E-state index is 0.611. The Balaban J connectivity index is 2.86. The molecule has 0 radical (unpaired) electrons. The molecule has 0 aromatic carbocycles. The van der Waals surface area contributed by atoms with E-state index in [4.69, 9.17) is 5.73 Å². The molecule has 0 fully saturated rings. The maximum atomic E-state index is 5.97. The molecule has 1 aromatic heterocycles. The SMILES string of the molecule is CC(C)CN(CC(C)C)c1nn(C)cc1N. The molecule has 92 valence electrons. The molecule has 0 aliphatic rings. The van der Waals surface area contributed by atoms with Crippen LogP contribution in [0.5, 0.6) is 0 Å². The average molecular weight is 224 g/mol. The van der Waals surface area contributed by atoms with Crippen LogP contribution in [0.3, 0.4) is 0 Å². The normalized spacial score (nSPS) is 11.4. The zero-order valence-corrected chi connectivity index (χ0v) is 11.1. The van der Waals surface area contributed by atoms with Crippen molar-refractivity contribution in [3.63, 3.8) is 0 Å². The van der Waals surface area contributed by atoms with E-state index in [2.05, 4.69) is 37.7 Å². The molecule has 0 spiro atoms. The highest BCUT2D eigenvalue weighted by molar-refractivity contribution is 5.61. The van der Waals surface area contributed by atoms with E-state index >= 15 is 0 Å². The Bertz CT molecular complexity index is 318. The number of aryl methyl sites for hydroxylation is 1. The fourth-order valence-corrected chi connectivity index (χ4v) is 1.87. The summed E-state index contributed by atoms with van der Waals surface area (Å²) < 4.78 is 1.78. The molecule has 2 N–H and O–H groups in total.